The van der Waals surface area contributed by atoms with Gasteiger partial charge in [0.1, 0.15) is 5.60 Å². The van der Waals surface area contributed by atoms with E-state index in [0.717, 1.165) is 5.56 Å². The van der Waals surface area contributed by atoms with E-state index in [1.54, 1.807) is 45.0 Å². The molecular weight excluding hydrogens is 298 g/mol. The zero-order valence-electron chi connectivity index (χ0n) is 13.6. The molecule has 0 fully saturated rings. The summed E-state index contributed by atoms with van der Waals surface area (Å²) in [6.45, 7) is 5.83. The molecule has 1 rings (SSSR count). The molecule has 1 aromatic rings. The Kier molecular flexibility index (Phi) is 6.56. The highest BCUT2D eigenvalue weighted by atomic mass is 16.6. The molecule has 0 saturated heterocycles. The highest BCUT2D eigenvalue weighted by molar-refractivity contribution is 5.92. The van der Waals surface area contributed by atoms with Crippen LogP contribution in [0.3, 0.4) is 0 Å². The molecular formula is C16H23N3O4. The van der Waals surface area contributed by atoms with Crippen molar-refractivity contribution in [3.8, 4) is 0 Å². The fourth-order valence-corrected chi connectivity index (χ4v) is 1.67. The van der Waals surface area contributed by atoms with E-state index in [9.17, 15) is 14.4 Å². The van der Waals surface area contributed by atoms with Crippen LogP contribution in [0.4, 0.5) is 4.79 Å². The van der Waals surface area contributed by atoms with Gasteiger partial charge in [0.2, 0.25) is 11.8 Å². The van der Waals surface area contributed by atoms with Gasteiger partial charge in [-0.05, 0) is 38.5 Å². The molecule has 0 aliphatic rings. The Bertz CT molecular complexity index is 562. The van der Waals surface area contributed by atoms with Gasteiger partial charge in [-0.15, -0.1) is 0 Å². The third-order valence-corrected chi connectivity index (χ3v) is 2.75. The summed E-state index contributed by atoms with van der Waals surface area (Å²) in [5.74, 6) is -0.686. The van der Waals surface area contributed by atoms with Gasteiger partial charge >= 0.3 is 6.09 Å². The number of amides is 3. The van der Waals surface area contributed by atoms with Crippen LogP contribution in [0.15, 0.2) is 24.3 Å². The van der Waals surface area contributed by atoms with Crippen LogP contribution < -0.4 is 16.4 Å². The monoisotopic (exact) mass is 321 g/mol. The van der Waals surface area contributed by atoms with E-state index in [1.807, 2.05) is 0 Å². The van der Waals surface area contributed by atoms with Crippen molar-refractivity contribution in [2.75, 3.05) is 6.54 Å². The van der Waals surface area contributed by atoms with Gasteiger partial charge in [0, 0.05) is 25.1 Å². The normalized spacial score (nSPS) is 10.7. The minimum atomic E-state index is -0.566. The van der Waals surface area contributed by atoms with Gasteiger partial charge in [-0.1, -0.05) is 12.1 Å². The van der Waals surface area contributed by atoms with E-state index < -0.39 is 17.6 Å². The van der Waals surface area contributed by atoms with Crippen molar-refractivity contribution in [1.82, 2.24) is 10.6 Å². The van der Waals surface area contributed by atoms with Crippen molar-refractivity contribution in [3.05, 3.63) is 35.4 Å². The van der Waals surface area contributed by atoms with Crippen molar-refractivity contribution in [2.24, 2.45) is 5.73 Å². The molecule has 126 valence electrons. The van der Waals surface area contributed by atoms with Crippen LogP contribution >= 0.6 is 0 Å². The molecule has 0 aromatic heterocycles. The second-order valence-corrected chi connectivity index (χ2v) is 6.02. The van der Waals surface area contributed by atoms with Gasteiger partial charge in [0.15, 0.2) is 0 Å². The lowest BCUT2D eigenvalue weighted by molar-refractivity contribution is -0.121. The van der Waals surface area contributed by atoms with E-state index in [4.69, 9.17) is 10.5 Å². The second kappa shape index (κ2) is 8.17. The van der Waals surface area contributed by atoms with E-state index in [0.29, 0.717) is 12.1 Å². The Morgan fingerprint density at radius 1 is 1.09 bits per heavy atom. The summed E-state index contributed by atoms with van der Waals surface area (Å²) in [5, 5.41) is 5.24. The van der Waals surface area contributed by atoms with Gasteiger partial charge in [-0.3, -0.25) is 9.59 Å². The highest BCUT2D eigenvalue weighted by Gasteiger charge is 2.15. The van der Waals surface area contributed by atoms with Gasteiger partial charge < -0.3 is 21.1 Å². The van der Waals surface area contributed by atoms with E-state index in [-0.39, 0.29) is 18.9 Å². The maximum absolute atomic E-state index is 11.7. The molecule has 0 heterocycles. The zero-order chi connectivity index (χ0) is 17.5. The first kappa shape index (κ1) is 18.5. The molecule has 0 spiro atoms. The van der Waals surface area contributed by atoms with Crippen molar-refractivity contribution in [1.29, 1.82) is 0 Å². The first-order chi connectivity index (χ1) is 10.7. The molecule has 7 nitrogen and oxygen atoms in total. The van der Waals surface area contributed by atoms with Crippen molar-refractivity contribution in [2.45, 2.75) is 39.3 Å². The Labute approximate surface area is 135 Å². The molecule has 0 radical (unpaired) electrons. The first-order valence-corrected chi connectivity index (χ1v) is 7.29. The summed E-state index contributed by atoms with van der Waals surface area (Å²) in [4.78, 5) is 34.0. The lowest BCUT2D eigenvalue weighted by Crippen LogP contribution is -2.35. The molecule has 1 aromatic carbocycles. The Hall–Kier alpha value is -2.57. The highest BCUT2D eigenvalue weighted by Crippen LogP contribution is 2.06. The predicted molar refractivity (Wildman–Crippen MR) is 85.7 cm³/mol. The van der Waals surface area contributed by atoms with Gasteiger partial charge in [0.05, 0.1) is 0 Å². The van der Waals surface area contributed by atoms with Gasteiger partial charge in [-0.25, -0.2) is 4.79 Å². The van der Waals surface area contributed by atoms with Crippen LogP contribution in [0.1, 0.15) is 43.1 Å². The molecule has 4 N–H and O–H groups in total. The van der Waals surface area contributed by atoms with Crippen LogP contribution in [0.2, 0.25) is 0 Å². The van der Waals surface area contributed by atoms with Gasteiger partial charge in [0.25, 0.3) is 0 Å². The SMILES string of the molecule is CC(C)(C)OC(=O)NCCC(=O)NCc1ccc(C(N)=O)cc1. The topological polar surface area (TPSA) is 111 Å². The number of carbonyl (C=O) groups excluding carboxylic acids is 3. The fourth-order valence-electron chi connectivity index (χ4n) is 1.67. The number of carbonyl (C=O) groups is 3. The standard InChI is InChI=1S/C16H23N3O4/c1-16(2,3)23-15(22)18-9-8-13(20)19-10-11-4-6-12(7-5-11)14(17)21/h4-7H,8-10H2,1-3H3,(H2,17,21)(H,18,22)(H,19,20). The summed E-state index contributed by atoms with van der Waals surface area (Å²) in [6, 6.07) is 6.65. The van der Waals surface area contributed by atoms with Crippen LogP contribution in [0.25, 0.3) is 0 Å². The summed E-state index contributed by atoms with van der Waals surface area (Å²) in [6.07, 6.45) is -0.397. The summed E-state index contributed by atoms with van der Waals surface area (Å²) in [7, 11) is 0. The smallest absolute Gasteiger partial charge is 0.407 e. The van der Waals surface area contributed by atoms with Crippen LogP contribution in [0.5, 0.6) is 0 Å². The maximum atomic E-state index is 11.7. The Balaban J connectivity index is 2.27. The predicted octanol–water partition coefficient (Wildman–Crippen LogP) is 1.32. The molecule has 0 saturated carbocycles. The maximum Gasteiger partial charge on any atom is 0.407 e. The van der Waals surface area contributed by atoms with Crippen LogP contribution in [-0.2, 0) is 16.1 Å². The Morgan fingerprint density at radius 3 is 2.22 bits per heavy atom. The molecule has 7 heteroatoms. The number of nitrogens with two attached hydrogens (primary N) is 1. The molecule has 0 aliphatic carbocycles. The minimum Gasteiger partial charge on any atom is -0.444 e. The quantitative estimate of drug-likeness (QED) is 0.733. The van der Waals surface area contributed by atoms with Crippen LogP contribution in [-0.4, -0.2) is 30.1 Å². The molecule has 3 amide bonds. The second-order valence-electron chi connectivity index (χ2n) is 6.02. The summed E-state index contributed by atoms with van der Waals surface area (Å²) in [5.41, 5.74) is 5.85. The Morgan fingerprint density at radius 2 is 1.70 bits per heavy atom. The number of primary amides is 1. The number of hydrogen-bond donors (Lipinski definition) is 3. The number of benzene rings is 1. The van der Waals surface area contributed by atoms with Crippen molar-refractivity contribution >= 4 is 17.9 Å². The number of rotatable bonds is 6. The lowest BCUT2D eigenvalue weighted by Gasteiger charge is -2.19. The number of hydrogen-bond acceptors (Lipinski definition) is 4. The van der Waals surface area contributed by atoms with E-state index in [1.165, 1.54) is 0 Å². The van der Waals surface area contributed by atoms with E-state index >= 15 is 0 Å². The molecule has 0 aliphatic heterocycles. The third kappa shape index (κ3) is 7.85. The molecule has 23 heavy (non-hydrogen) atoms. The van der Waals surface area contributed by atoms with E-state index in [2.05, 4.69) is 10.6 Å². The number of alkyl carbamates (subject to hydrolysis) is 1. The molecule has 0 unspecified atom stereocenters. The summed E-state index contributed by atoms with van der Waals surface area (Å²) >= 11 is 0. The largest absolute Gasteiger partial charge is 0.444 e. The molecule has 0 atom stereocenters. The molecule has 0 bridgehead atoms. The number of nitrogens with one attached hydrogen (secondary N) is 2. The van der Waals surface area contributed by atoms with Crippen molar-refractivity contribution in [3.63, 3.8) is 0 Å². The average Bonchev–Trinajstić information content (AvgIpc) is 2.43. The third-order valence-electron chi connectivity index (χ3n) is 2.75. The van der Waals surface area contributed by atoms with Crippen molar-refractivity contribution < 1.29 is 19.1 Å². The van der Waals surface area contributed by atoms with Crippen LogP contribution in [0, 0.1) is 0 Å². The summed E-state index contributed by atoms with van der Waals surface area (Å²) < 4.78 is 5.06. The zero-order valence-corrected chi connectivity index (χ0v) is 13.6. The fraction of sp³-hybridized carbons (Fsp3) is 0.438. The number of ether oxygens (including phenoxy) is 1. The first-order valence-electron chi connectivity index (χ1n) is 7.29. The average molecular weight is 321 g/mol. The van der Waals surface area contributed by atoms with Gasteiger partial charge in [-0.2, -0.15) is 0 Å². The lowest BCUT2D eigenvalue weighted by atomic mass is 10.1. The minimum absolute atomic E-state index is 0.151.